The van der Waals surface area contributed by atoms with Gasteiger partial charge in [-0.15, -0.1) is 10.2 Å². The van der Waals surface area contributed by atoms with Gasteiger partial charge < -0.3 is 10.1 Å². The minimum absolute atomic E-state index is 0.105. The Balaban J connectivity index is 1.97. The van der Waals surface area contributed by atoms with Gasteiger partial charge in [0, 0.05) is 12.6 Å². The molecule has 3 aromatic rings. The van der Waals surface area contributed by atoms with E-state index < -0.39 is 0 Å². The van der Waals surface area contributed by atoms with Crippen LogP contribution in [0.2, 0.25) is 0 Å². The average molecular weight is 310 g/mol. The highest BCUT2D eigenvalue weighted by molar-refractivity contribution is 5.92. The zero-order valence-corrected chi connectivity index (χ0v) is 13.3. The van der Waals surface area contributed by atoms with Gasteiger partial charge in [0.25, 0.3) is 0 Å². The van der Waals surface area contributed by atoms with Crippen LogP contribution in [0.15, 0.2) is 36.4 Å². The van der Waals surface area contributed by atoms with Crippen LogP contribution >= 0.6 is 0 Å². The summed E-state index contributed by atoms with van der Waals surface area (Å²) < 4.78 is 5.43. The number of aryl methyl sites for hydroxylation is 1. The van der Waals surface area contributed by atoms with Gasteiger partial charge in [-0.05, 0) is 55.8 Å². The van der Waals surface area contributed by atoms with Gasteiger partial charge in [-0.3, -0.25) is 4.79 Å². The van der Waals surface area contributed by atoms with Crippen LogP contribution in [0.5, 0.6) is 5.75 Å². The molecule has 1 amide bonds. The maximum Gasteiger partial charge on any atom is 0.221 e. The van der Waals surface area contributed by atoms with Crippen LogP contribution < -0.4 is 10.1 Å². The van der Waals surface area contributed by atoms with Crippen molar-refractivity contribution in [1.82, 2.24) is 15.0 Å². The lowest BCUT2D eigenvalue weighted by Gasteiger charge is -2.04. The summed E-state index contributed by atoms with van der Waals surface area (Å²) in [5.74, 6) is 0.711. The minimum atomic E-state index is -0.105. The maximum atomic E-state index is 11.2. The van der Waals surface area contributed by atoms with Crippen molar-refractivity contribution in [2.24, 2.45) is 0 Å². The SMILES string of the molecule is CCOc1ccc(-n2nc3cc(C)c(NC(C)=O)cc3n2)cc1. The van der Waals surface area contributed by atoms with Crippen molar-refractivity contribution in [1.29, 1.82) is 0 Å². The van der Waals surface area contributed by atoms with Crippen molar-refractivity contribution in [2.45, 2.75) is 20.8 Å². The van der Waals surface area contributed by atoms with Crippen molar-refractivity contribution >= 4 is 22.6 Å². The molecular weight excluding hydrogens is 292 g/mol. The number of amides is 1. The third kappa shape index (κ3) is 3.15. The quantitative estimate of drug-likeness (QED) is 0.804. The first kappa shape index (κ1) is 15.0. The Morgan fingerprint density at radius 2 is 1.83 bits per heavy atom. The monoisotopic (exact) mass is 310 g/mol. The van der Waals surface area contributed by atoms with E-state index in [9.17, 15) is 4.79 Å². The summed E-state index contributed by atoms with van der Waals surface area (Å²) in [6.45, 7) is 6.00. The lowest BCUT2D eigenvalue weighted by molar-refractivity contribution is -0.114. The van der Waals surface area contributed by atoms with Crippen molar-refractivity contribution in [2.75, 3.05) is 11.9 Å². The third-order valence-electron chi connectivity index (χ3n) is 3.42. The maximum absolute atomic E-state index is 11.2. The molecule has 0 spiro atoms. The first-order valence-electron chi connectivity index (χ1n) is 7.45. The Morgan fingerprint density at radius 3 is 2.43 bits per heavy atom. The molecule has 1 aromatic heterocycles. The van der Waals surface area contributed by atoms with Gasteiger partial charge in [-0.25, -0.2) is 0 Å². The van der Waals surface area contributed by atoms with Crippen molar-refractivity contribution < 1.29 is 9.53 Å². The molecular formula is C17H18N4O2. The smallest absolute Gasteiger partial charge is 0.221 e. The Labute approximate surface area is 134 Å². The molecule has 6 heteroatoms. The zero-order valence-electron chi connectivity index (χ0n) is 13.3. The second kappa shape index (κ2) is 6.08. The number of fused-ring (bicyclic) bond motifs is 1. The number of nitrogens with zero attached hydrogens (tertiary/aromatic N) is 3. The second-order valence-electron chi connectivity index (χ2n) is 5.25. The number of hydrogen-bond acceptors (Lipinski definition) is 4. The molecule has 0 aliphatic carbocycles. The van der Waals surface area contributed by atoms with Gasteiger partial charge in [-0.1, -0.05) is 0 Å². The van der Waals surface area contributed by atoms with Crippen LogP contribution in [0.1, 0.15) is 19.4 Å². The van der Waals surface area contributed by atoms with E-state index in [0.717, 1.165) is 33.7 Å². The molecule has 0 saturated heterocycles. The molecule has 0 aliphatic heterocycles. The first-order chi connectivity index (χ1) is 11.1. The number of carbonyl (C=O) groups is 1. The van der Waals surface area contributed by atoms with E-state index in [-0.39, 0.29) is 5.91 Å². The fraction of sp³-hybridized carbons (Fsp3) is 0.235. The highest BCUT2D eigenvalue weighted by atomic mass is 16.5. The van der Waals surface area contributed by atoms with Crippen LogP contribution in [-0.2, 0) is 4.79 Å². The molecule has 0 atom stereocenters. The predicted molar refractivity (Wildman–Crippen MR) is 89.1 cm³/mol. The summed E-state index contributed by atoms with van der Waals surface area (Å²) in [6, 6.07) is 11.3. The van der Waals surface area contributed by atoms with E-state index in [4.69, 9.17) is 4.74 Å². The number of ether oxygens (including phenoxy) is 1. The van der Waals surface area contributed by atoms with Crippen LogP contribution in [0, 0.1) is 6.92 Å². The fourth-order valence-electron chi connectivity index (χ4n) is 2.35. The van der Waals surface area contributed by atoms with E-state index >= 15 is 0 Å². The number of aromatic nitrogens is 3. The van der Waals surface area contributed by atoms with E-state index in [0.29, 0.717) is 6.61 Å². The second-order valence-corrected chi connectivity index (χ2v) is 5.25. The molecule has 6 nitrogen and oxygen atoms in total. The molecule has 2 aromatic carbocycles. The van der Waals surface area contributed by atoms with Crippen molar-refractivity contribution in [3.63, 3.8) is 0 Å². The largest absolute Gasteiger partial charge is 0.494 e. The lowest BCUT2D eigenvalue weighted by atomic mass is 10.2. The normalized spacial score (nSPS) is 10.7. The van der Waals surface area contributed by atoms with Crippen molar-refractivity contribution in [3.8, 4) is 11.4 Å². The Morgan fingerprint density at radius 1 is 1.17 bits per heavy atom. The van der Waals surface area contributed by atoms with Crippen LogP contribution in [-0.4, -0.2) is 27.5 Å². The van der Waals surface area contributed by atoms with Crippen LogP contribution in [0.25, 0.3) is 16.7 Å². The van der Waals surface area contributed by atoms with Crippen LogP contribution in [0.4, 0.5) is 5.69 Å². The van der Waals surface area contributed by atoms with Crippen molar-refractivity contribution in [3.05, 3.63) is 42.0 Å². The zero-order chi connectivity index (χ0) is 16.4. The van der Waals surface area contributed by atoms with E-state index in [1.165, 1.54) is 6.92 Å². The fourth-order valence-corrected chi connectivity index (χ4v) is 2.35. The molecule has 0 aliphatic rings. The highest BCUT2D eigenvalue weighted by Crippen LogP contribution is 2.22. The first-order valence-corrected chi connectivity index (χ1v) is 7.45. The molecule has 118 valence electrons. The standard InChI is InChI=1S/C17H18N4O2/c1-4-23-14-7-5-13(6-8-14)21-19-16-9-11(2)15(18-12(3)22)10-17(16)20-21/h5-10H,4H2,1-3H3,(H,18,22). The molecule has 0 saturated carbocycles. The summed E-state index contributed by atoms with van der Waals surface area (Å²) in [4.78, 5) is 12.8. The Bertz CT molecular complexity index is 853. The van der Waals surface area contributed by atoms with Gasteiger partial charge in [-0.2, -0.15) is 4.80 Å². The Kier molecular flexibility index (Phi) is 3.97. The predicted octanol–water partition coefficient (Wildman–Crippen LogP) is 3.09. The summed E-state index contributed by atoms with van der Waals surface area (Å²) in [5, 5.41) is 11.8. The molecule has 1 heterocycles. The van der Waals surface area contributed by atoms with Gasteiger partial charge in [0.15, 0.2) is 0 Å². The number of benzene rings is 2. The third-order valence-corrected chi connectivity index (χ3v) is 3.42. The number of nitrogens with one attached hydrogen (secondary N) is 1. The number of anilines is 1. The lowest BCUT2D eigenvalue weighted by Crippen LogP contribution is -2.06. The molecule has 3 rings (SSSR count). The van der Waals surface area contributed by atoms with Gasteiger partial charge in [0.05, 0.1) is 12.3 Å². The topological polar surface area (TPSA) is 69.0 Å². The molecule has 23 heavy (non-hydrogen) atoms. The van der Waals surface area contributed by atoms with E-state index in [1.54, 1.807) is 4.80 Å². The summed E-state index contributed by atoms with van der Waals surface area (Å²) >= 11 is 0. The summed E-state index contributed by atoms with van der Waals surface area (Å²) in [7, 11) is 0. The number of carbonyl (C=O) groups excluding carboxylic acids is 1. The molecule has 0 radical (unpaired) electrons. The molecule has 0 unspecified atom stereocenters. The molecule has 0 bridgehead atoms. The number of hydrogen-bond donors (Lipinski definition) is 1. The van der Waals surface area contributed by atoms with E-state index in [1.807, 2.05) is 50.2 Å². The molecule has 1 N–H and O–H groups in total. The molecule has 0 fully saturated rings. The summed E-state index contributed by atoms with van der Waals surface area (Å²) in [6.07, 6.45) is 0. The van der Waals surface area contributed by atoms with E-state index in [2.05, 4.69) is 15.5 Å². The number of rotatable bonds is 4. The summed E-state index contributed by atoms with van der Waals surface area (Å²) in [5.41, 5.74) is 4.07. The van der Waals surface area contributed by atoms with Gasteiger partial charge >= 0.3 is 0 Å². The van der Waals surface area contributed by atoms with Crippen LogP contribution in [0.3, 0.4) is 0 Å². The average Bonchev–Trinajstić information content (AvgIpc) is 2.91. The van der Waals surface area contributed by atoms with Gasteiger partial charge in [0.1, 0.15) is 16.8 Å². The minimum Gasteiger partial charge on any atom is -0.494 e. The Hall–Kier alpha value is -2.89. The van der Waals surface area contributed by atoms with Gasteiger partial charge in [0.2, 0.25) is 5.91 Å². The highest BCUT2D eigenvalue weighted by Gasteiger charge is 2.09.